The van der Waals surface area contributed by atoms with E-state index in [1.807, 2.05) is 30.0 Å². The molecule has 2 rings (SSSR count). The molecule has 1 aliphatic rings. The summed E-state index contributed by atoms with van der Waals surface area (Å²) < 4.78 is 1.16. The number of amides is 1. The highest BCUT2D eigenvalue weighted by molar-refractivity contribution is 14.1. The van der Waals surface area contributed by atoms with Crippen LogP contribution in [0.25, 0.3) is 0 Å². The van der Waals surface area contributed by atoms with Crippen LogP contribution in [0, 0.1) is 16.4 Å². The number of hydrogen-bond acceptors (Lipinski definition) is 3. The largest absolute Gasteiger partial charge is 0.396 e. The standard InChI is InChI=1S/C13H17IN2O2/c1-9-4-11(14)2-3-12(9)15-13(18)7-16-5-10(6-16)8-17/h2-4,10,17H,5-8H2,1H3,(H,15,18). The number of carbonyl (C=O) groups excluding carboxylic acids is 1. The summed E-state index contributed by atoms with van der Waals surface area (Å²) >= 11 is 2.25. The van der Waals surface area contributed by atoms with E-state index in [9.17, 15) is 4.79 Å². The van der Waals surface area contributed by atoms with E-state index in [-0.39, 0.29) is 12.5 Å². The fourth-order valence-electron chi connectivity index (χ4n) is 2.08. The molecule has 0 bridgehead atoms. The molecular formula is C13H17IN2O2. The zero-order valence-corrected chi connectivity index (χ0v) is 12.5. The lowest BCUT2D eigenvalue weighted by Crippen LogP contribution is -2.51. The van der Waals surface area contributed by atoms with Gasteiger partial charge in [0, 0.05) is 34.9 Å². The number of aliphatic hydroxyl groups is 1. The Labute approximate surface area is 121 Å². The summed E-state index contributed by atoms with van der Waals surface area (Å²) in [6, 6.07) is 5.96. The van der Waals surface area contributed by atoms with E-state index in [4.69, 9.17) is 5.11 Å². The van der Waals surface area contributed by atoms with Gasteiger partial charge >= 0.3 is 0 Å². The number of halogens is 1. The Morgan fingerprint density at radius 1 is 1.56 bits per heavy atom. The van der Waals surface area contributed by atoms with Crippen LogP contribution in [0.4, 0.5) is 5.69 Å². The molecule has 1 amide bonds. The maximum atomic E-state index is 11.8. The number of benzene rings is 1. The van der Waals surface area contributed by atoms with Crippen molar-refractivity contribution in [3.05, 3.63) is 27.3 Å². The Hall–Kier alpha value is -0.660. The summed E-state index contributed by atoms with van der Waals surface area (Å²) in [7, 11) is 0. The molecule has 0 aromatic heterocycles. The van der Waals surface area contributed by atoms with Crippen LogP contribution < -0.4 is 5.32 Å². The maximum absolute atomic E-state index is 11.8. The topological polar surface area (TPSA) is 52.6 Å². The van der Waals surface area contributed by atoms with E-state index < -0.39 is 0 Å². The van der Waals surface area contributed by atoms with Crippen LogP contribution in [0.2, 0.25) is 0 Å². The fraction of sp³-hybridized carbons (Fsp3) is 0.462. The van der Waals surface area contributed by atoms with Gasteiger partial charge in [-0.2, -0.15) is 0 Å². The first-order valence-electron chi connectivity index (χ1n) is 5.97. The molecule has 0 aliphatic carbocycles. The number of carbonyl (C=O) groups is 1. The van der Waals surface area contributed by atoms with E-state index in [1.54, 1.807) is 0 Å². The Bertz CT molecular complexity index is 445. The molecule has 5 heteroatoms. The third-order valence-electron chi connectivity index (χ3n) is 3.12. The van der Waals surface area contributed by atoms with Crippen molar-refractivity contribution in [3.63, 3.8) is 0 Å². The van der Waals surface area contributed by atoms with Crippen molar-refractivity contribution in [1.82, 2.24) is 4.90 Å². The molecule has 2 N–H and O–H groups in total. The molecule has 1 heterocycles. The van der Waals surface area contributed by atoms with E-state index >= 15 is 0 Å². The molecule has 0 radical (unpaired) electrons. The second-order valence-corrected chi connectivity index (χ2v) is 6.00. The summed E-state index contributed by atoms with van der Waals surface area (Å²) in [4.78, 5) is 13.9. The first-order valence-corrected chi connectivity index (χ1v) is 7.05. The van der Waals surface area contributed by atoms with Crippen molar-refractivity contribution < 1.29 is 9.90 Å². The summed E-state index contributed by atoms with van der Waals surface area (Å²) in [5.74, 6) is 0.355. The molecule has 98 valence electrons. The smallest absolute Gasteiger partial charge is 0.238 e. The Kier molecular flexibility index (Phi) is 4.58. The number of aliphatic hydroxyl groups excluding tert-OH is 1. The number of nitrogens with one attached hydrogen (secondary N) is 1. The highest BCUT2D eigenvalue weighted by Gasteiger charge is 2.27. The first kappa shape index (κ1) is 13.8. The third-order valence-corrected chi connectivity index (χ3v) is 3.79. The van der Waals surface area contributed by atoms with Gasteiger partial charge in [0.15, 0.2) is 0 Å². The molecular weight excluding hydrogens is 343 g/mol. The van der Waals surface area contributed by atoms with Crippen molar-refractivity contribution in [2.75, 3.05) is 31.6 Å². The number of hydrogen-bond donors (Lipinski definition) is 2. The average Bonchev–Trinajstić information content (AvgIpc) is 2.27. The molecule has 1 aromatic carbocycles. The zero-order valence-electron chi connectivity index (χ0n) is 10.3. The van der Waals surface area contributed by atoms with Crippen LogP contribution in [0.1, 0.15) is 5.56 Å². The van der Waals surface area contributed by atoms with Crippen LogP contribution in [-0.4, -0.2) is 42.2 Å². The zero-order chi connectivity index (χ0) is 13.1. The van der Waals surface area contributed by atoms with Crippen molar-refractivity contribution in [2.45, 2.75) is 6.92 Å². The number of likely N-dealkylation sites (tertiary alicyclic amines) is 1. The predicted octanol–water partition coefficient (Wildman–Crippen LogP) is 1.46. The molecule has 0 unspecified atom stereocenters. The fourth-order valence-corrected chi connectivity index (χ4v) is 2.73. The minimum absolute atomic E-state index is 0.00991. The quantitative estimate of drug-likeness (QED) is 0.800. The van der Waals surface area contributed by atoms with Crippen molar-refractivity contribution in [1.29, 1.82) is 0 Å². The second kappa shape index (κ2) is 5.99. The lowest BCUT2D eigenvalue weighted by atomic mass is 10.0. The average molecular weight is 360 g/mol. The number of rotatable bonds is 4. The van der Waals surface area contributed by atoms with Crippen molar-refractivity contribution in [3.8, 4) is 0 Å². The van der Waals surface area contributed by atoms with E-state index in [0.717, 1.165) is 27.9 Å². The number of nitrogens with zero attached hydrogens (tertiary/aromatic N) is 1. The summed E-state index contributed by atoms with van der Waals surface area (Å²) in [5.41, 5.74) is 1.95. The molecule has 1 fully saturated rings. The monoisotopic (exact) mass is 360 g/mol. The summed E-state index contributed by atoms with van der Waals surface area (Å²) in [6.07, 6.45) is 0. The normalized spacial score (nSPS) is 16.4. The minimum Gasteiger partial charge on any atom is -0.396 e. The molecule has 18 heavy (non-hydrogen) atoms. The molecule has 0 atom stereocenters. The van der Waals surface area contributed by atoms with Gasteiger partial charge in [-0.05, 0) is 53.3 Å². The molecule has 0 saturated carbocycles. The number of aryl methyl sites for hydroxylation is 1. The van der Waals surface area contributed by atoms with Gasteiger partial charge in [0.1, 0.15) is 0 Å². The first-order chi connectivity index (χ1) is 8.58. The maximum Gasteiger partial charge on any atom is 0.238 e. The van der Waals surface area contributed by atoms with Crippen LogP contribution in [0.15, 0.2) is 18.2 Å². The van der Waals surface area contributed by atoms with Gasteiger partial charge in [0.05, 0.1) is 6.54 Å². The van der Waals surface area contributed by atoms with Crippen molar-refractivity contribution in [2.24, 2.45) is 5.92 Å². The molecule has 0 spiro atoms. The third kappa shape index (κ3) is 3.43. The van der Waals surface area contributed by atoms with E-state index in [2.05, 4.69) is 27.9 Å². The highest BCUT2D eigenvalue weighted by Crippen LogP contribution is 2.18. The van der Waals surface area contributed by atoms with E-state index in [0.29, 0.717) is 12.5 Å². The van der Waals surface area contributed by atoms with Gasteiger partial charge in [-0.25, -0.2) is 0 Å². The second-order valence-electron chi connectivity index (χ2n) is 4.75. The molecule has 1 aromatic rings. The van der Waals surface area contributed by atoms with E-state index in [1.165, 1.54) is 0 Å². The lowest BCUT2D eigenvalue weighted by Gasteiger charge is -2.37. The minimum atomic E-state index is 0.00991. The Balaban J connectivity index is 1.84. The molecule has 1 aliphatic heterocycles. The lowest BCUT2D eigenvalue weighted by molar-refractivity contribution is -0.119. The van der Waals surface area contributed by atoms with Gasteiger partial charge in [-0.1, -0.05) is 0 Å². The van der Waals surface area contributed by atoms with Crippen LogP contribution in [0.3, 0.4) is 0 Å². The van der Waals surface area contributed by atoms with Gasteiger partial charge in [0.25, 0.3) is 0 Å². The number of anilines is 1. The SMILES string of the molecule is Cc1cc(I)ccc1NC(=O)CN1CC(CO)C1. The van der Waals surface area contributed by atoms with Crippen LogP contribution in [-0.2, 0) is 4.79 Å². The highest BCUT2D eigenvalue weighted by atomic mass is 127. The van der Waals surface area contributed by atoms with Gasteiger partial charge in [0.2, 0.25) is 5.91 Å². The summed E-state index contributed by atoms with van der Waals surface area (Å²) in [5, 5.41) is 11.8. The van der Waals surface area contributed by atoms with Gasteiger partial charge < -0.3 is 10.4 Å². The van der Waals surface area contributed by atoms with Crippen LogP contribution in [0.5, 0.6) is 0 Å². The van der Waals surface area contributed by atoms with Crippen LogP contribution >= 0.6 is 22.6 Å². The Morgan fingerprint density at radius 2 is 2.28 bits per heavy atom. The van der Waals surface area contributed by atoms with Gasteiger partial charge in [-0.3, -0.25) is 9.69 Å². The molecule has 4 nitrogen and oxygen atoms in total. The molecule has 1 saturated heterocycles. The predicted molar refractivity (Wildman–Crippen MR) is 79.5 cm³/mol. The Morgan fingerprint density at radius 3 is 2.89 bits per heavy atom. The van der Waals surface area contributed by atoms with Crippen molar-refractivity contribution >= 4 is 34.2 Å². The summed E-state index contributed by atoms with van der Waals surface area (Å²) in [6.45, 7) is 4.24. The van der Waals surface area contributed by atoms with Gasteiger partial charge in [-0.15, -0.1) is 0 Å².